The van der Waals surface area contributed by atoms with Crippen molar-refractivity contribution in [2.24, 2.45) is 5.41 Å². The van der Waals surface area contributed by atoms with Crippen LogP contribution >= 0.6 is 15.9 Å². The summed E-state index contributed by atoms with van der Waals surface area (Å²) in [5.41, 5.74) is 2.22. The van der Waals surface area contributed by atoms with E-state index in [2.05, 4.69) is 37.3 Å². The minimum Gasteiger partial charge on any atom is -0.345 e. The van der Waals surface area contributed by atoms with E-state index in [0.717, 1.165) is 0 Å². The molecule has 0 bridgehead atoms. The van der Waals surface area contributed by atoms with Crippen molar-refractivity contribution in [3.05, 3.63) is 62.2 Å². The maximum absolute atomic E-state index is 12.5. The topological polar surface area (TPSA) is 74.8 Å². The number of H-pyrrole nitrogens is 1. The van der Waals surface area contributed by atoms with Crippen LogP contribution in [0.15, 0.2) is 39.7 Å². The van der Waals surface area contributed by atoms with Gasteiger partial charge in [0.05, 0.1) is 6.54 Å². The van der Waals surface area contributed by atoms with Crippen molar-refractivity contribution in [2.75, 3.05) is 0 Å². The summed E-state index contributed by atoms with van der Waals surface area (Å²) in [6.07, 6.45) is 8.00. The predicted molar refractivity (Wildman–Crippen MR) is 98.4 cm³/mol. The fourth-order valence-electron chi connectivity index (χ4n) is 4.12. The molecule has 1 aromatic heterocycles. The second-order valence-corrected chi connectivity index (χ2v) is 7.98. The average Bonchev–Trinajstić information content (AvgIpc) is 2.53. The van der Waals surface area contributed by atoms with Crippen molar-refractivity contribution in [2.45, 2.75) is 44.6 Å². The lowest BCUT2D eigenvalue weighted by atomic mass is 9.48. The number of carbonyl (C=O) groups is 1. The summed E-state index contributed by atoms with van der Waals surface area (Å²) in [4.78, 5) is 30.7. The molecule has 25 heavy (non-hydrogen) atoms. The Hall–Kier alpha value is -1.95. The van der Waals surface area contributed by atoms with Gasteiger partial charge >= 0.3 is 0 Å². The Morgan fingerprint density at radius 1 is 1.36 bits per heavy atom. The van der Waals surface area contributed by atoms with Crippen LogP contribution in [0.4, 0.5) is 0 Å². The number of aromatic nitrogens is 2. The minimum atomic E-state index is -0.253. The Morgan fingerprint density at radius 3 is 2.84 bits per heavy atom. The maximum Gasteiger partial charge on any atom is 0.265 e. The smallest absolute Gasteiger partial charge is 0.265 e. The van der Waals surface area contributed by atoms with E-state index in [1.165, 1.54) is 43.9 Å². The van der Waals surface area contributed by atoms with Gasteiger partial charge in [0.25, 0.3) is 11.5 Å². The van der Waals surface area contributed by atoms with E-state index in [1.54, 1.807) is 0 Å². The molecule has 5 nitrogen and oxygen atoms in total. The summed E-state index contributed by atoms with van der Waals surface area (Å²) >= 11 is 3.11. The van der Waals surface area contributed by atoms with E-state index in [0.29, 0.717) is 27.2 Å². The number of halogens is 1. The van der Waals surface area contributed by atoms with Crippen molar-refractivity contribution < 1.29 is 4.79 Å². The number of rotatable bonds is 4. The molecule has 1 atom stereocenters. The third-order valence-corrected chi connectivity index (χ3v) is 6.36. The highest BCUT2D eigenvalue weighted by atomic mass is 79.9. The molecule has 0 saturated heterocycles. The highest BCUT2D eigenvalue weighted by molar-refractivity contribution is 9.10. The molecule has 0 aliphatic heterocycles. The SMILES string of the molecule is O=C(NCc1ncc(Br)c(=O)[nH]1)c1cccc(C2CCC23CCC3)c1. The fraction of sp³-hybridized carbons (Fsp3) is 0.421. The molecule has 2 fully saturated rings. The summed E-state index contributed by atoms with van der Waals surface area (Å²) in [7, 11) is 0. The third kappa shape index (κ3) is 3.03. The van der Waals surface area contributed by atoms with E-state index >= 15 is 0 Å². The van der Waals surface area contributed by atoms with Crippen molar-refractivity contribution >= 4 is 21.8 Å². The van der Waals surface area contributed by atoms with Gasteiger partial charge in [-0.25, -0.2) is 4.98 Å². The summed E-state index contributed by atoms with van der Waals surface area (Å²) in [6, 6.07) is 7.98. The van der Waals surface area contributed by atoms with Crippen LogP contribution in [0.5, 0.6) is 0 Å². The largest absolute Gasteiger partial charge is 0.345 e. The van der Waals surface area contributed by atoms with E-state index in [1.807, 2.05) is 18.2 Å². The number of nitrogens with one attached hydrogen (secondary N) is 2. The summed E-state index contributed by atoms with van der Waals surface area (Å²) in [5.74, 6) is 0.901. The van der Waals surface area contributed by atoms with Gasteiger partial charge in [-0.2, -0.15) is 0 Å². The molecule has 2 saturated carbocycles. The van der Waals surface area contributed by atoms with Crippen LogP contribution < -0.4 is 10.9 Å². The van der Waals surface area contributed by atoms with Crippen molar-refractivity contribution in [3.8, 4) is 0 Å². The molecule has 1 amide bonds. The standard InChI is InChI=1S/C19H20BrN3O2/c20-15-10-21-16(23-18(15)25)11-22-17(24)13-4-1-3-12(9-13)14-5-8-19(14)6-2-7-19/h1,3-4,9-10,14H,2,5-8,11H2,(H,22,24)(H,21,23,25). The quantitative estimate of drug-likeness (QED) is 0.822. The molecule has 1 unspecified atom stereocenters. The summed E-state index contributed by atoms with van der Waals surface area (Å²) in [6.45, 7) is 0.193. The lowest BCUT2D eigenvalue weighted by Gasteiger charge is -2.56. The lowest BCUT2D eigenvalue weighted by molar-refractivity contribution is -0.00200. The second-order valence-electron chi connectivity index (χ2n) is 7.12. The van der Waals surface area contributed by atoms with Gasteiger partial charge in [-0.1, -0.05) is 18.6 Å². The van der Waals surface area contributed by atoms with Crippen molar-refractivity contribution in [1.82, 2.24) is 15.3 Å². The number of hydrogen-bond donors (Lipinski definition) is 2. The van der Waals surface area contributed by atoms with E-state index in [9.17, 15) is 9.59 Å². The Kier molecular flexibility index (Phi) is 4.23. The molecule has 2 N–H and O–H groups in total. The number of hydrogen-bond acceptors (Lipinski definition) is 3. The molecule has 130 valence electrons. The highest BCUT2D eigenvalue weighted by Gasteiger charge is 2.50. The van der Waals surface area contributed by atoms with Crippen molar-refractivity contribution in [1.29, 1.82) is 0 Å². The molecule has 0 radical (unpaired) electrons. The van der Waals surface area contributed by atoms with Crippen molar-refractivity contribution in [3.63, 3.8) is 0 Å². The first kappa shape index (κ1) is 16.5. The molecule has 1 heterocycles. The van der Waals surface area contributed by atoms with Gasteiger partial charge in [0.2, 0.25) is 0 Å². The number of carbonyl (C=O) groups excluding carboxylic acids is 1. The molecule has 4 rings (SSSR count). The zero-order chi connectivity index (χ0) is 17.4. The lowest BCUT2D eigenvalue weighted by Crippen LogP contribution is -2.43. The molecule has 1 aromatic carbocycles. The molecule has 2 aromatic rings. The van der Waals surface area contributed by atoms with E-state index in [-0.39, 0.29) is 18.0 Å². The molecule has 2 aliphatic carbocycles. The molecule has 6 heteroatoms. The van der Waals surface area contributed by atoms with Gasteiger partial charge in [-0.3, -0.25) is 9.59 Å². The van der Waals surface area contributed by atoms with Gasteiger partial charge in [0, 0.05) is 11.8 Å². The first-order valence-corrected chi connectivity index (χ1v) is 9.49. The number of benzene rings is 1. The second kappa shape index (κ2) is 6.41. The van der Waals surface area contributed by atoms with Gasteiger partial charge < -0.3 is 10.3 Å². The Morgan fingerprint density at radius 2 is 2.20 bits per heavy atom. The zero-order valence-electron chi connectivity index (χ0n) is 13.8. The fourth-order valence-corrected chi connectivity index (χ4v) is 4.32. The van der Waals surface area contributed by atoms with E-state index < -0.39 is 0 Å². The summed E-state index contributed by atoms with van der Waals surface area (Å²) < 4.78 is 0.376. The van der Waals surface area contributed by atoms with Gasteiger partial charge in [-0.15, -0.1) is 0 Å². The first-order valence-electron chi connectivity index (χ1n) is 8.69. The van der Waals surface area contributed by atoms with Crippen LogP contribution in [-0.2, 0) is 6.54 Å². The highest BCUT2D eigenvalue weighted by Crippen LogP contribution is 2.63. The first-order chi connectivity index (χ1) is 12.1. The van der Waals surface area contributed by atoms with Gasteiger partial charge in [0.15, 0.2) is 0 Å². The van der Waals surface area contributed by atoms with Crippen LogP contribution in [0.1, 0.15) is 59.8 Å². The van der Waals surface area contributed by atoms with Crippen LogP contribution in [0, 0.1) is 5.41 Å². The molecule has 2 aliphatic rings. The van der Waals surface area contributed by atoms with E-state index in [4.69, 9.17) is 0 Å². The summed E-state index contributed by atoms with van der Waals surface area (Å²) in [5, 5.41) is 2.83. The zero-order valence-corrected chi connectivity index (χ0v) is 15.4. The average molecular weight is 402 g/mol. The number of aromatic amines is 1. The Labute approximate surface area is 154 Å². The van der Waals surface area contributed by atoms with Crippen LogP contribution in [0.3, 0.4) is 0 Å². The molecular weight excluding hydrogens is 382 g/mol. The number of nitrogens with zero attached hydrogens (tertiary/aromatic N) is 1. The monoisotopic (exact) mass is 401 g/mol. The minimum absolute atomic E-state index is 0.144. The third-order valence-electron chi connectivity index (χ3n) is 5.80. The van der Waals surface area contributed by atoms with Crippen LogP contribution in [0.25, 0.3) is 0 Å². The maximum atomic E-state index is 12.5. The number of amides is 1. The van der Waals surface area contributed by atoms with Gasteiger partial charge in [0.1, 0.15) is 10.3 Å². The van der Waals surface area contributed by atoms with Gasteiger partial charge in [-0.05, 0) is 70.6 Å². The normalized spacial score (nSPS) is 20.6. The van der Waals surface area contributed by atoms with Crippen LogP contribution in [0.2, 0.25) is 0 Å². The Balaban J connectivity index is 1.44. The molecular formula is C19H20BrN3O2. The predicted octanol–water partition coefficient (Wildman–Crippen LogP) is 3.51. The Bertz CT molecular complexity index is 867. The molecule has 1 spiro atoms. The van der Waals surface area contributed by atoms with Crippen LogP contribution in [-0.4, -0.2) is 15.9 Å².